The highest BCUT2D eigenvalue weighted by Gasteiger charge is 2.25. The second-order valence-electron chi connectivity index (χ2n) is 5.36. The number of fused-ring (bicyclic) bond motifs is 1. The van der Waals surface area contributed by atoms with Gasteiger partial charge in [0.15, 0.2) is 0 Å². The van der Waals surface area contributed by atoms with E-state index in [9.17, 15) is 9.90 Å². The van der Waals surface area contributed by atoms with Gasteiger partial charge in [-0.25, -0.2) is 4.68 Å². The summed E-state index contributed by atoms with van der Waals surface area (Å²) in [6.07, 6.45) is 3.44. The lowest BCUT2D eigenvalue weighted by Crippen LogP contribution is -2.38. The summed E-state index contributed by atoms with van der Waals surface area (Å²) in [6, 6.07) is 5.97. The molecule has 1 unspecified atom stereocenters. The van der Waals surface area contributed by atoms with E-state index in [0.29, 0.717) is 13.1 Å². The molecular weight excluding hydrogens is 268 g/mol. The van der Waals surface area contributed by atoms with Gasteiger partial charge < -0.3 is 10.0 Å². The van der Waals surface area contributed by atoms with Gasteiger partial charge in [-0.1, -0.05) is 11.3 Å². The standard InChI is InChI=1S/C15H18N4O2/c1-2-7-19-14-6-5-12(9-13(14)16-17-19)18-8-3-4-11(10-18)15(20)21/h2,5-6,9,11H,1,3-4,7-8,10H2,(H,20,21). The SMILES string of the molecule is C=CCn1nnc2cc(N3CCCC(C(=O)O)C3)ccc21. The highest BCUT2D eigenvalue weighted by atomic mass is 16.4. The maximum Gasteiger partial charge on any atom is 0.308 e. The Balaban J connectivity index is 1.87. The third kappa shape index (κ3) is 2.61. The molecule has 1 fully saturated rings. The molecule has 1 aromatic heterocycles. The number of aliphatic carboxylic acids is 1. The van der Waals surface area contributed by atoms with Crippen molar-refractivity contribution in [3.05, 3.63) is 30.9 Å². The zero-order valence-electron chi connectivity index (χ0n) is 11.8. The van der Waals surface area contributed by atoms with E-state index in [1.165, 1.54) is 0 Å². The smallest absolute Gasteiger partial charge is 0.308 e. The van der Waals surface area contributed by atoms with Crippen molar-refractivity contribution in [2.75, 3.05) is 18.0 Å². The second kappa shape index (κ2) is 5.55. The molecule has 1 atom stereocenters. The minimum absolute atomic E-state index is 0.286. The lowest BCUT2D eigenvalue weighted by Gasteiger charge is -2.32. The van der Waals surface area contributed by atoms with Gasteiger partial charge in [-0.2, -0.15) is 0 Å². The molecule has 0 radical (unpaired) electrons. The molecule has 1 N–H and O–H groups in total. The van der Waals surface area contributed by atoms with Crippen LogP contribution in [0.4, 0.5) is 5.69 Å². The molecule has 3 rings (SSSR count). The molecule has 0 aliphatic carbocycles. The van der Waals surface area contributed by atoms with E-state index in [1.807, 2.05) is 18.2 Å². The van der Waals surface area contributed by atoms with Crippen molar-refractivity contribution in [1.82, 2.24) is 15.0 Å². The molecule has 1 aliphatic heterocycles. The topological polar surface area (TPSA) is 71.2 Å². The van der Waals surface area contributed by atoms with Gasteiger partial charge in [0.05, 0.1) is 18.0 Å². The highest BCUT2D eigenvalue weighted by molar-refractivity contribution is 5.79. The predicted octanol–water partition coefficient (Wildman–Crippen LogP) is 1.92. The van der Waals surface area contributed by atoms with Gasteiger partial charge in [0, 0.05) is 18.8 Å². The van der Waals surface area contributed by atoms with E-state index in [2.05, 4.69) is 21.8 Å². The Morgan fingerprint density at radius 1 is 1.52 bits per heavy atom. The third-order valence-electron chi connectivity index (χ3n) is 3.94. The minimum Gasteiger partial charge on any atom is -0.481 e. The van der Waals surface area contributed by atoms with Crippen molar-refractivity contribution >= 4 is 22.7 Å². The molecule has 110 valence electrons. The van der Waals surface area contributed by atoms with E-state index in [0.717, 1.165) is 36.1 Å². The Kier molecular flexibility index (Phi) is 3.60. The van der Waals surface area contributed by atoms with E-state index in [1.54, 1.807) is 10.8 Å². The maximum absolute atomic E-state index is 11.2. The second-order valence-corrected chi connectivity index (χ2v) is 5.36. The summed E-state index contributed by atoms with van der Waals surface area (Å²) in [5.41, 5.74) is 2.80. The average molecular weight is 286 g/mol. The summed E-state index contributed by atoms with van der Waals surface area (Å²) in [4.78, 5) is 13.3. The van der Waals surface area contributed by atoms with Gasteiger partial charge in [0.1, 0.15) is 5.52 Å². The van der Waals surface area contributed by atoms with Gasteiger partial charge in [0.2, 0.25) is 0 Å². The quantitative estimate of drug-likeness (QED) is 0.869. The van der Waals surface area contributed by atoms with Crippen LogP contribution in [0.3, 0.4) is 0 Å². The molecule has 0 amide bonds. The van der Waals surface area contributed by atoms with Gasteiger partial charge >= 0.3 is 5.97 Å². The predicted molar refractivity (Wildman–Crippen MR) is 80.3 cm³/mol. The fraction of sp³-hybridized carbons (Fsp3) is 0.400. The normalized spacial score (nSPS) is 18.9. The van der Waals surface area contributed by atoms with E-state index in [4.69, 9.17) is 0 Å². The number of piperidine rings is 1. The first-order chi connectivity index (χ1) is 10.2. The maximum atomic E-state index is 11.2. The summed E-state index contributed by atoms with van der Waals surface area (Å²) in [5.74, 6) is -0.997. The van der Waals surface area contributed by atoms with Gasteiger partial charge in [-0.3, -0.25) is 4.79 Å². The van der Waals surface area contributed by atoms with Crippen LogP contribution in [-0.4, -0.2) is 39.2 Å². The molecule has 21 heavy (non-hydrogen) atoms. The average Bonchev–Trinajstić information content (AvgIpc) is 2.90. The molecule has 1 aliphatic rings. The number of hydrogen-bond donors (Lipinski definition) is 1. The van der Waals surface area contributed by atoms with E-state index >= 15 is 0 Å². The monoisotopic (exact) mass is 286 g/mol. The van der Waals surface area contributed by atoms with Crippen LogP contribution in [0.5, 0.6) is 0 Å². The third-order valence-corrected chi connectivity index (χ3v) is 3.94. The first-order valence-electron chi connectivity index (χ1n) is 7.11. The number of allylic oxidation sites excluding steroid dienone is 1. The van der Waals surface area contributed by atoms with Crippen molar-refractivity contribution < 1.29 is 9.90 Å². The van der Waals surface area contributed by atoms with Crippen LogP contribution >= 0.6 is 0 Å². The molecule has 0 spiro atoms. The molecule has 2 heterocycles. The molecule has 1 aromatic carbocycles. The molecule has 6 nitrogen and oxygen atoms in total. The van der Waals surface area contributed by atoms with Crippen LogP contribution in [-0.2, 0) is 11.3 Å². The lowest BCUT2D eigenvalue weighted by molar-refractivity contribution is -0.141. The lowest BCUT2D eigenvalue weighted by atomic mass is 9.98. The zero-order chi connectivity index (χ0) is 14.8. The number of carbonyl (C=O) groups is 1. The largest absolute Gasteiger partial charge is 0.481 e. The molecule has 0 bridgehead atoms. The zero-order valence-corrected chi connectivity index (χ0v) is 11.8. The number of nitrogens with zero attached hydrogens (tertiary/aromatic N) is 4. The number of carboxylic acids is 1. The summed E-state index contributed by atoms with van der Waals surface area (Å²) in [6.45, 7) is 5.77. The van der Waals surface area contributed by atoms with Crippen LogP contribution in [0, 0.1) is 5.92 Å². The minimum atomic E-state index is -0.710. The molecule has 0 saturated carbocycles. The van der Waals surface area contributed by atoms with Crippen LogP contribution in [0.2, 0.25) is 0 Å². The van der Waals surface area contributed by atoms with E-state index < -0.39 is 5.97 Å². The van der Waals surface area contributed by atoms with Crippen LogP contribution in [0.25, 0.3) is 11.0 Å². The Morgan fingerprint density at radius 3 is 3.14 bits per heavy atom. The summed E-state index contributed by atoms with van der Waals surface area (Å²) < 4.78 is 1.79. The number of benzene rings is 1. The number of hydrogen-bond acceptors (Lipinski definition) is 4. The van der Waals surface area contributed by atoms with Crippen molar-refractivity contribution in [2.24, 2.45) is 5.92 Å². The van der Waals surface area contributed by atoms with Gasteiger partial charge in [-0.15, -0.1) is 11.7 Å². The fourth-order valence-corrected chi connectivity index (χ4v) is 2.83. The molecular formula is C15H18N4O2. The Morgan fingerprint density at radius 2 is 2.38 bits per heavy atom. The Bertz CT molecular complexity index is 679. The van der Waals surface area contributed by atoms with Crippen molar-refractivity contribution in [2.45, 2.75) is 19.4 Å². The highest BCUT2D eigenvalue weighted by Crippen LogP contribution is 2.26. The number of carboxylic acid groups (broad SMARTS) is 1. The molecule has 2 aromatic rings. The van der Waals surface area contributed by atoms with Crippen LogP contribution < -0.4 is 4.90 Å². The van der Waals surface area contributed by atoms with Crippen LogP contribution in [0.15, 0.2) is 30.9 Å². The molecule has 1 saturated heterocycles. The van der Waals surface area contributed by atoms with Crippen molar-refractivity contribution in [3.8, 4) is 0 Å². The summed E-state index contributed by atoms with van der Waals surface area (Å²) in [7, 11) is 0. The first kappa shape index (κ1) is 13.6. The Labute approximate surface area is 122 Å². The number of aromatic nitrogens is 3. The number of rotatable bonds is 4. The molecule has 6 heteroatoms. The van der Waals surface area contributed by atoms with Gasteiger partial charge in [-0.05, 0) is 31.0 Å². The summed E-state index contributed by atoms with van der Waals surface area (Å²) in [5, 5.41) is 17.4. The van der Waals surface area contributed by atoms with Crippen molar-refractivity contribution in [3.63, 3.8) is 0 Å². The van der Waals surface area contributed by atoms with Crippen LogP contribution in [0.1, 0.15) is 12.8 Å². The fourth-order valence-electron chi connectivity index (χ4n) is 2.83. The Hall–Kier alpha value is -2.37. The first-order valence-corrected chi connectivity index (χ1v) is 7.11. The number of anilines is 1. The van der Waals surface area contributed by atoms with Crippen molar-refractivity contribution in [1.29, 1.82) is 0 Å². The van der Waals surface area contributed by atoms with Gasteiger partial charge in [0.25, 0.3) is 0 Å². The summed E-state index contributed by atoms with van der Waals surface area (Å²) >= 11 is 0. The van der Waals surface area contributed by atoms with E-state index in [-0.39, 0.29) is 5.92 Å².